The third kappa shape index (κ3) is 3.86. The van der Waals surface area contributed by atoms with Crippen molar-refractivity contribution in [2.45, 2.75) is 36.9 Å². The normalized spacial score (nSPS) is 22.3. The second-order valence-corrected chi connectivity index (χ2v) is 6.95. The molecule has 2 fully saturated rings. The lowest BCUT2D eigenvalue weighted by Gasteiger charge is -2.44. The van der Waals surface area contributed by atoms with Crippen LogP contribution < -0.4 is 11.1 Å². The van der Waals surface area contributed by atoms with Crippen molar-refractivity contribution in [3.05, 3.63) is 0 Å². The standard InChI is InChI=1S/C13H23N3O2S/c14-8-11(17)15-9-12(18)16-6-7-19-13(10-16)4-2-1-3-5-13/h1-10,14H2,(H,15,17). The van der Waals surface area contributed by atoms with Crippen molar-refractivity contribution in [1.29, 1.82) is 0 Å². The molecule has 108 valence electrons. The maximum atomic E-state index is 12.1. The minimum atomic E-state index is -0.271. The molecule has 0 aromatic heterocycles. The molecule has 6 heteroatoms. The molecule has 0 radical (unpaired) electrons. The Hall–Kier alpha value is -0.750. The van der Waals surface area contributed by atoms with E-state index in [-0.39, 0.29) is 29.7 Å². The summed E-state index contributed by atoms with van der Waals surface area (Å²) in [6.07, 6.45) is 6.31. The zero-order valence-electron chi connectivity index (χ0n) is 11.3. The molecule has 1 saturated heterocycles. The molecule has 1 saturated carbocycles. The fourth-order valence-corrected chi connectivity index (χ4v) is 4.48. The summed E-state index contributed by atoms with van der Waals surface area (Å²) in [4.78, 5) is 25.1. The number of carbonyl (C=O) groups excluding carboxylic acids is 2. The lowest BCUT2D eigenvalue weighted by molar-refractivity contribution is -0.133. The fourth-order valence-electron chi connectivity index (χ4n) is 2.91. The van der Waals surface area contributed by atoms with Gasteiger partial charge in [0.1, 0.15) is 0 Å². The maximum Gasteiger partial charge on any atom is 0.242 e. The topological polar surface area (TPSA) is 75.4 Å². The summed E-state index contributed by atoms with van der Waals surface area (Å²) in [5.74, 6) is 0.760. The summed E-state index contributed by atoms with van der Waals surface area (Å²) in [6.45, 7) is 1.66. The van der Waals surface area contributed by atoms with Crippen LogP contribution in [0.1, 0.15) is 32.1 Å². The van der Waals surface area contributed by atoms with Crippen LogP contribution in [0.2, 0.25) is 0 Å². The first-order chi connectivity index (χ1) is 9.15. The zero-order chi connectivity index (χ0) is 13.7. The first-order valence-electron chi connectivity index (χ1n) is 7.04. The van der Waals surface area contributed by atoms with E-state index in [1.54, 1.807) is 0 Å². The van der Waals surface area contributed by atoms with Gasteiger partial charge in [0.2, 0.25) is 11.8 Å². The molecule has 1 spiro atoms. The smallest absolute Gasteiger partial charge is 0.242 e. The molecule has 2 aliphatic rings. The minimum Gasteiger partial charge on any atom is -0.346 e. The van der Waals surface area contributed by atoms with Gasteiger partial charge in [-0.3, -0.25) is 9.59 Å². The van der Waals surface area contributed by atoms with Crippen LogP contribution in [-0.2, 0) is 9.59 Å². The van der Waals surface area contributed by atoms with E-state index in [4.69, 9.17) is 5.73 Å². The van der Waals surface area contributed by atoms with Gasteiger partial charge < -0.3 is 16.0 Å². The summed E-state index contributed by atoms with van der Waals surface area (Å²) in [6, 6.07) is 0. The Labute approximate surface area is 118 Å². The van der Waals surface area contributed by atoms with Crippen molar-refractivity contribution in [1.82, 2.24) is 10.2 Å². The average molecular weight is 285 g/mol. The van der Waals surface area contributed by atoms with Gasteiger partial charge in [-0.15, -0.1) is 0 Å². The largest absolute Gasteiger partial charge is 0.346 e. The molecule has 5 nitrogen and oxygen atoms in total. The molecule has 1 heterocycles. The monoisotopic (exact) mass is 285 g/mol. The van der Waals surface area contributed by atoms with Crippen LogP contribution in [0.25, 0.3) is 0 Å². The highest BCUT2D eigenvalue weighted by atomic mass is 32.2. The van der Waals surface area contributed by atoms with Gasteiger partial charge in [0.05, 0.1) is 13.1 Å². The molecule has 0 unspecified atom stereocenters. The number of thioether (sulfide) groups is 1. The molecular weight excluding hydrogens is 262 g/mol. The van der Waals surface area contributed by atoms with Crippen LogP contribution in [0.3, 0.4) is 0 Å². The van der Waals surface area contributed by atoms with Crippen LogP contribution in [0.15, 0.2) is 0 Å². The Balaban J connectivity index is 1.86. The van der Waals surface area contributed by atoms with E-state index in [2.05, 4.69) is 5.32 Å². The predicted octanol–water partition coefficient (Wildman–Crippen LogP) is 0.340. The van der Waals surface area contributed by atoms with Gasteiger partial charge >= 0.3 is 0 Å². The number of hydrogen-bond donors (Lipinski definition) is 2. The molecule has 0 atom stereocenters. The molecule has 0 aromatic rings. The molecule has 2 rings (SSSR count). The van der Waals surface area contributed by atoms with E-state index in [1.807, 2.05) is 16.7 Å². The average Bonchev–Trinajstić information content (AvgIpc) is 2.45. The second-order valence-electron chi connectivity index (χ2n) is 5.39. The first kappa shape index (κ1) is 14.7. The van der Waals surface area contributed by atoms with E-state index >= 15 is 0 Å². The third-order valence-corrected chi connectivity index (χ3v) is 5.52. The van der Waals surface area contributed by atoms with Crippen molar-refractivity contribution < 1.29 is 9.59 Å². The Morgan fingerprint density at radius 1 is 1.26 bits per heavy atom. The highest BCUT2D eigenvalue weighted by Gasteiger charge is 2.38. The Morgan fingerprint density at radius 3 is 2.68 bits per heavy atom. The van der Waals surface area contributed by atoms with Gasteiger partial charge in [-0.1, -0.05) is 19.3 Å². The van der Waals surface area contributed by atoms with Gasteiger partial charge in [-0.25, -0.2) is 0 Å². The molecule has 1 aliphatic heterocycles. The molecular formula is C13H23N3O2S. The molecule has 2 amide bonds. The van der Waals surface area contributed by atoms with E-state index in [1.165, 1.54) is 32.1 Å². The van der Waals surface area contributed by atoms with Crippen LogP contribution in [0, 0.1) is 0 Å². The van der Waals surface area contributed by atoms with E-state index < -0.39 is 0 Å². The molecule has 0 aromatic carbocycles. The van der Waals surface area contributed by atoms with Gasteiger partial charge in [0.15, 0.2) is 0 Å². The van der Waals surface area contributed by atoms with Crippen molar-refractivity contribution in [3.8, 4) is 0 Å². The molecule has 3 N–H and O–H groups in total. The Morgan fingerprint density at radius 2 is 2.00 bits per heavy atom. The number of rotatable bonds is 3. The SMILES string of the molecule is NCC(=O)NCC(=O)N1CCSC2(CCCCC2)C1. The number of hydrogen-bond acceptors (Lipinski definition) is 4. The molecule has 0 bridgehead atoms. The first-order valence-corrected chi connectivity index (χ1v) is 8.02. The Kier molecular flexibility index (Phi) is 5.10. The van der Waals surface area contributed by atoms with Crippen LogP contribution >= 0.6 is 11.8 Å². The van der Waals surface area contributed by atoms with Gasteiger partial charge in [0, 0.05) is 23.6 Å². The Bertz CT molecular complexity index is 337. The lowest BCUT2D eigenvalue weighted by atomic mass is 9.87. The van der Waals surface area contributed by atoms with Gasteiger partial charge in [0.25, 0.3) is 0 Å². The third-order valence-electron chi connectivity index (χ3n) is 3.99. The fraction of sp³-hybridized carbons (Fsp3) is 0.846. The van der Waals surface area contributed by atoms with E-state index in [9.17, 15) is 9.59 Å². The number of nitrogens with two attached hydrogens (primary N) is 1. The number of amides is 2. The predicted molar refractivity (Wildman–Crippen MR) is 76.9 cm³/mol. The molecule has 1 aliphatic carbocycles. The number of nitrogens with zero attached hydrogens (tertiary/aromatic N) is 1. The van der Waals surface area contributed by atoms with Crippen molar-refractivity contribution >= 4 is 23.6 Å². The zero-order valence-corrected chi connectivity index (χ0v) is 12.1. The van der Waals surface area contributed by atoms with Crippen LogP contribution in [0.4, 0.5) is 0 Å². The lowest BCUT2D eigenvalue weighted by Crippen LogP contribution is -2.52. The summed E-state index contributed by atoms with van der Waals surface area (Å²) < 4.78 is 0.282. The van der Waals surface area contributed by atoms with E-state index in [0.717, 1.165) is 18.8 Å². The van der Waals surface area contributed by atoms with Crippen molar-refractivity contribution in [2.24, 2.45) is 5.73 Å². The number of nitrogens with one attached hydrogen (secondary N) is 1. The van der Waals surface area contributed by atoms with Crippen molar-refractivity contribution in [2.75, 3.05) is 31.9 Å². The van der Waals surface area contributed by atoms with Crippen LogP contribution in [-0.4, -0.2) is 53.4 Å². The quantitative estimate of drug-likeness (QED) is 0.784. The summed E-state index contributed by atoms with van der Waals surface area (Å²) in [5, 5.41) is 2.56. The van der Waals surface area contributed by atoms with Crippen LogP contribution in [0.5, 0.6) is 0 Å². The van der Waals surface area contributed by atoms with Crippen molar-refractivity contribution in [3.63, 3.8) is 0 Å². The van der Waals surface area contributed by atoms with Gasteiger partial charge in [-0.05, 0) is 12.8 Å². The minimum absolute atomic E-state index is 0.0204. The maximum absolute atomic E-state index is 12.1. The second kappa shape index (κ2) is 6.61. The van der Waals surface area contributed by atoms with Gasteiger partial charge in [-0.2, -0.15) is 11.8 Å². The number of carbonyl (C=O) groups is 2. The summed E-state index contributed by atoms with van der Waals surface area (Å²) >= 11 is 2.04. The highest BCUT2D eigenvalue weighted by Crippen LogP contribution is 2.42. The summed E-state index contributed by atoms with van der Waals surface area (Å²) in [7, 11) is 0. The molecule has 19 heavy (non-hydrogen) atoms. The van der Waals surface area contributed by atoms with E-state index in [0.29, 0.717) is 0 Å². The summed E-state index contributed by atoms with van der Waals surface area (Å²) in [5.41, 5.74) is 5.21. The highest BCUT2D eigenvalue weighted by molar-refractivity contribution is 8.00.